The van der Waals surface area contributed by atoms with Gasteiger partial charge in [0.05, 0.1) is 5.41 Å². The van der Waals surface area contributed by atoms with E-state index in [1.54, 1.807) is 12.1 Å². The molecule has 5 aliphatic carbocycles. The van der Waals surface area contributed by atoms with Crippen LogP contribution in [0.1, 0.15) is 75.7 Å². The maximum absolute atomic E-state index is 12.1. The average molecular weight is 398 g/mol. The standard InChI is InChI=1S/C24H30O5/c25-20-3-1-16(2-4-20)17-5-7-23(8-6-17)14-24(29-28-23)18-9-15-10-19(24)13-22(11-15,12-18)21(26)27/h1-4,15,17-19,25H,5-14H2,(H,26,27). The maximum atomic E-state index is 12.1. The Hall–Kier alpha value is -1.59. The molecule has 1 aliphatic heterocycles. The molecule has 2 N–H and O–H groups in total. The number of carboxylic acids is 1. The van der Waals surface area contributed by atoms with Gasteiger partial charge in [-0.15, -0.1) is 0 Å². The van der Waals surface area contributed by atoms with Gasteiger partial charge in [-0.3, -0.25) is 4.79 Å². The summed E-state index contributed by atoms with van der Waals surface area (Å²) >= 11 is 0. The van der Waals surface area contributed by atoms with Crippen LogP contribution < -0.4 is 0 Å². The van der Waals surface area contributed by atoms with Gasteiger partial charge in [-0.25, -0.2) is 9.78 Å². The van der Waals surface area contributed by atoms with Gasteiger partial charge in [-0.05, 0) is 99.2 Å². The van der Waals surface area contributed by atoms with Crippen molar-refractivity contribution in [2.45, 2.75) is 81.3 Å². The molecule has 0 aromatic heterocycles. The van der Waals surface area contributed by atoms with Gasteiger partial charge in [0.15, 0.2) is 0 Å². The van der Waals surface area contributed by atoms with Crippen LogP contribution in [-0.2, 0) is 14.6 Å². The van der Waals surface area contributed by atoms with E-state index in [1.165, 1.54) is 5.56 Å². The molecule has 2 spiro atoms. The zero-order chi connectivity index (χ0) is 19.9. The molecule has 1 heterocycles. The summed E-state index contributed by atoms with van der Waals surface area (Å²) in [6, 6.07) is 7.62. The minimum Gasteiger partial charge on any atom is -0.508 e. The van der Waals surface area contributed by atoms with Crippen molar-refractivity contribution in [3.8, 4) is 5.75 Å². The van der Waals surface area contributed by atoms with Crippen LogP contribution in [0.15, 0.2) is 24.3 Å². The van der Waals surface area contributed by atoms with Crippen LogP contribution >= 0.6 is 0 Å². The summed E-state index contributed by atoms with van der Waals surface area (Å²) in [5.74, 6) is 1.46. The van der Waals surface area contributed by atoms with Crippen molar-refractivity contribution in [2.75, 3.05) is 0 Å². The largest absolute Gasteiger partial charge is 0.508 e. The number of hydrogen-bond acceptors (Lipinski definition) is 4. The molecule has 29 heavy (non-hydrogen) atoms. The lowest BCUT2D eigenvalue weighted by atomic mass is 9.43. The molecule has 7 rings (SSSR count). The molecule has 5 heteroatoms. The van der Waals surface area contributed by atoms with Crippen LogP contribution in [0.3, 0.4) is 0 Å². The number of phenols is 1. The summed E-state index contributed by atoms with van der Waals surface area (Å²) in [5.41, 5.74) is 0.349. The van der Waals surface area contributed by atoms with Gasteiger partial charge >= 0.3 is 5.97 Å². The molecule has 2 atom stereocenters. The van der Waals surface area contributed by atoms with E-state index in [9.17, 15) is 15.0 Å². The molecule has 2 unspecified atom stereocenters. The summed E-state index contributed by atoms with van der Waals surface area (Å²) in [6.45, 7) is 0. The SMILES string of the molecule is O=C(O)C12CC3CC(C1)C1(CC4(CCC(c5ccc(O)cc5)CC4)OO1)C(C3)C2. The van der Waals surface area contributed by atoms with Gasteiger partial charge in [0.25, 0.3) is 0 Å². The zero-order valence-electron chi connectivity index (χ0n) is 16.8. The summed E-state index contributed by atoms with van der Waals surface area (Å²) in [5, 5.41) is 19.5. The first-order valence-corrected chi connectivity index (χ1v) is 11.3. The molecule has 1 aromatic rings. The van der Waals surface area contributed by atoms with Crippen molar-refractivity contribution < 1.29 is 24.8 Å². The van der Waals surface area contributed by atoms with E-state index >= 15 is 0 Å². The van der Waals surface area contributed by atoms with Gasteiger partial charge in [0.1, 0.15) is 17.0 Å². The highest BCUT2D eigenvalue weighted by Crippen LogP contribution is 2.68. The third-order valence-electron chi connectivity index (χ3n) is 9.26. The molecule has 6 fully saturated rings. The second-order valence-corrected chi connectivity index (χ2v) is 10.8. The van der Waals surface area contributed by atoms with Crippen molar-refractivity contribution >= 4 is 5.97 Å². The van der Waals surface area contributed by atoms with Gasteiger partial charge in [-0.2, -0.15) is 0 Å². The predicted molar refractivity (Wildman–Crippen MR) is 105 cm³/mol. The first-order chi connectivity index (χ1) is 13.9. The van der Waals surface area contributed by atoms with Crippen molar-refractivity contribution in [1.82, 2.24) is 0 Å². The Bertz CT molecular complexity index is 806. The van der Waals surface area contributed by atoms with Crippen LogP contribution in [0, 0.1) is 23.2 Å². The van der Waals surface area contributed by atoms with E-state index in [0.717, 1.165) is 64.2 Å². The number of aliphatic carboxylic acids is 1. The number of carbonyl (C=O) groups is 1. The first kappa shape index (κ1) is 18.2. The minimum atomic E-state index is -0.588. The third-order valence-corrected chi connectivity index (χ3v) is 9.26. The smallest absolute Gasteiger partial charge is 0.309 e. The Morgan fingerprint density at radius 2 is 1.62 bits per heavy atom. The zero-order valence-corrected chi connectivity index (χ0v) is 16.8. The van der Waals surface area contributed by atoms with Crippen LogP contribution in [0.4, 0.5) is 0 Å². The van der Waals surface area contributed by atoms with Crippen LogP contribution in [0.2, 0.25) is 0 Å². The maximum Gasteiger partial charge on any atom is 0.309 e. The topological polar surface area (TPSA) is 76.0 Å². The summed E-state index contributed by atoms with van der Waals surface area (Å²) in [6.07, 6.45) is 9.70. The monoisotopic (exact) mass is 398 g/mol. The highest BCUT2D eigenvalue weighted by Gasteiger charge is 2.69. The van der Waals surface area contributed by atoms with Crippen LogP contribution in [-0.4, -0.2) is 27.4 Å². The number of aromatic hydroxyl groups is 1. The van der Waals surface area contributed by atoms with E-state index in [4.69, 9.17) is 9.78 Å². The fourth-order valence-corrected chi connectivity index (χ4v) is 7.96. The van der Waals surface area contributed by atoms with Gasteiger partial charge in [-0.1, -0.05) is 12.1 Å². The highest BCUT2D eigenvalue weighted by molar-refractivity contribution is 5.75. The fraction of sp³-hybridized carbons (Fsp3) is 0.708. The van der Waals surface area contributed by atoms with Crippen LogP contribution in [0.25, 0.3) is 0 Å². The molecule has 156 valence electrons. The molecule has 5 nitrogen and oxygen atoms in total. The predicted octanol–water partition coefficient (Wildman–Crippen LogP) is 4.79. The van der Waals surface area contributed by atoms with Crippen molar-refractivity contribution in [1.29, 1.82) is 0 Å². The lowest BCUT2D eigenvalue weighted by Gasteiger charge is -2.61. The van der Waals surface area contributed by atoms with E-state index in [2.05, 4.69) is 0 Å². The molecule has 5 saturated carbocycles. The molecular weight excluding hydrogens is 368 g/mol. The number of carboxylic acid groups (broad SMARTS) is 1. The summed E-state index contributed by atoms with van der Waals surface area (Å²) < 4.78 is 0. The highest BCUT2D eigenvalue weighted by atomic mass is 17.2. The molecule has 0 amide bonds. The van der Waals surface area contributed by atoms with Crippen molar-refractivity contribution in [3.63, 3.8) is 0 Å². The lowest BCUT2D eigenvalue weighted by molar-refractivity contribution is -0.387. The molecule has 6 aliphatic rings. The Kier molecular flexibility index (Phi) is 3.75. The Labute approximate surface area is 171 Å². The Morgan fingerprint density at radius 3 is 2.24 bits per heavy atom. The Morgan fingerprint density at radius 1 is 0.966 bits per heavy atom. The van der Waals surface area contributed by atoms with Crippen molar-refractivity contribution in [2.24, 2.45) is 23.2 Å². The number of benzene rings is 1. The minimum absolute atomic E-state index is 0.195. The Balaban J connectivity index is 1.19. The second kappa shape index (κ2) is 5.98. The lowest BCUT2D eigenvalue weighted by Crippen LogP contribution is -2.63. The van der Waals surface area contributed by atoms with E-state index in [1.807, 2.05) is 12.1 Å². The molecular formula is C24H30O5. The van der Waals surface area contributed by atoms with Gasteiger partial charge in [0, 0.05) is 6.42 Å². The van der Waals surface area contributed by atoms with Gasteiger partial charge < -0.3 is 10.2 Å². The average Bonchev–Trinajstić information content (AvgIpc) is 3.07. The first-order valence-electron chi connectivity index (χ1n) is 11.3. The molecule has 0 radical (unpaired) electrons. The molecule has 1 aromatic carbocycles. The molecule has 1 saturated heterocycles. The van der Waals surface area contributed by atoms with E-state index in [0.29, 0.717) is 29.4 Å². The van der Waals surface area contributed by atoms with Crippen molar-refractivity contribution in [3.05, 3.63) is 29.8 Å². The fourth-order valence-electron chi connectivity index (χ4n) is 7.96. The number of hydrogen-bond donors (Lipinski definition) is 2. The van der Waals surface area contributed by atoms with Gasteiger partial charge in [0.2, 0.25) is 0 Å². The summed E-state index contributed by atoms with van der Waals surface area (Å²) in [7, 11) is 0. The summed E-state index contributed by atoms with van der Waals surface area (Å²) in [4.78, 5) is 24.5. The second-order valence-electron chi connectivity index (χ2n) is 10.8. The normalized spacial score (nSPS) is 47.9. The van der Waals surface area contributed by atoms with E-state index in [-0.39, 0.29) is 11.2 Å². The number of rotatable bonds is 2. The van der Waals surface area contributed by atoms with E-state index < -0.39 is 11.4 Å². The quantitative estimate of drug-likeness (QED) is 0.701. The molecule has 4 bridgehead atoms. The number of phenolic OH excluding ortho intramolecular Hbond substituents is 1. The third kappa shape index (κ3) is 2.56. The van der Waals surface area contributed by atoms with Crippen LogP contribution in [0.5, 0.6) is 5.75 Å².